The van der Waals surface area contributed by atoms with E-state index in [0.717, 1.165) is 51.3 Å². The van der Waals surface area contributed by atoms with Crippen LogP contribution in [-0.4, -0.2) is 27.4 Å². The first-order valence-corrected chi connectivity index (χ1v) is 11.3. The topological polar surface area (TPSA) is 68.5 Å². The Balaban J connectivity index is 1.32. The third-order valence-corrected chi connectivity index (χ3v) is 7.06. The highest BCUT2D eigenvalue weighted by Gasteiger charge is 2.17. The molecule has 4 aromatic rings. The minimum atomic E-state index is -0.0458. The summed E-state index contributed by atoms with van der Waals surface area (Å²) in [4.78, 5) is 24.1. The smallest absolute Gasteiger partial charge is 0.232 e. The molecule has 0 fully saturated rings. The maximum atomic E-state index is 12.6. The lowest BCUT2D eigenvalue weighted by atomic mass is 10.0. The number of fused-ring (bicyclic) bond motifs is 2. The predicted octanol–water partition coefficient (Wildman–Crippen LogP) is 4.59. The second-order valence-electron chi connectivity index (χ2n) is 7.06. The number of thiazole rings is 2. The second kappa shape index (κ2) is 7.61. The Morgan fingerprint density at radius 3 is 2.83 bits per heavy atom. The number of amides is 1. The summed E-state index contributed by atoms with van der Waals surface area (Å²) in [5, 5.41) is 5.69. The molecular formula is C21H20N4O2S2. The van der Waals surface area contributed by atoms with Crippen LogP contribution < -0.4 is 10.1 Å². The van der Waals surface area contributed by atoms with Crippen molar-refractivity contribution in [2.75, 3.05) is 12.4 Å². The number of hydrogen-bond acceptors (Lipinski definition) is 6. The van der Waals surface area contributed by atoms with Crippen molar-refractivity contribution in [3.05, 3.63) is 52.1 Å². The minimum absolute atomic E-state index is 0.0458. The van der Waals surface area contributed by atoms with Crippen molar-refractivity contribution >= 4 is 38.7 Å². The third-order valence-electron chi connectivity index (χ3n) is 5.10. The van der Waals surface area contributed by atoms with Gasteiger partial charge in [-0.05, 0) is 49.9 Å². The van der Waals surface area contributed by atoms with Gasteiger partial charge in [0.05, 0.1) is 24.9 Å². The zero-order valence-corrected chi connectivity index (χ0v) is 17.6. The van der Waals surface area contributed by atoms with Crippen molar-refractivity contribution in [3.63, 3.8) is 0 Å². The molecule has 0 saturated carbocycles. The molecule has 3 aromatic heterocycles. The van der Waals surface area contributed by atoms with E-state index in [2.05, 4.69) is 10.3 Å². The molecule has 3 heterocycles. The molecule has 1 aliphatic rings. The van der Waals surface area contributed by atoms with E-state index in [0.29, 0.717) is 6.42 Å². The summed E-state index contributed by atoms with van der Waals surface area (Å²) in [5.74, 6) is 0.770. The lowest BCUT2D eigenvalue weighted by molar-refractivity contribution is -0.115. The third kappa shape index (κ3) is 3.65. The fraction of sp³-hybridized carbons (Fsp3) is 0.286. The van der Waals surface area contributed by atoms with Crippen LogP contribution in [-0.2, 0) is 24.1 Å². The van der Waals surface area contributed by atoms with Crippen LogP contribution in [0.3, 0.4) is 0 Å². The summed E-state index contributed by atoms with van der Waals surface area (Å²) < 4.78 is 7.21. The van der Waals surface area contributed by atoms with Crippen LogP contribution in [0.2, 0.25) is 0 Å². The van der Waals surface area contributed by atoms with Gasteiger partial charge in [-0.15, -0.1) is 22.7 Å². The van der Waals surface area contributed by atoms with E-state index in [1.54, 1.807) is 29.8 Å². The van der Waals surface area contributed by atoms with Gasteiger partial charge in [-0.25, -0.2) is 9.97 Å². The number of hydrogen-bond donors (Lipinski definition) is 1. The number of ether oxygens (including phenoxy) is 1. The fourth-order valence-corrected chi connectivity index (χ4v) is 5.53. The highest BCUT2D eigenvalue weighted by molar-refractivity contribution is 7.16. The first-order chi connectivity index (χ1) is 14.2. The lowest BCUT2D eigenvalue weighted by Crippen LogP contribution is -2.15. The van der Waals surface area contributed by atoms with E-state index in [4.69, 9.17) is 9.72 Å². The number of benzene rings is 1. The molecule has 5 rings (SSSR count). The SMILES string of the molecule is COc1ccc(-c2cn3c(CC(=O)Nc4nc5c(s4)CCCC5)csc3n2)cc1. The zero-order valence-electron chi connectivity index (χ0n) is 16.0. The maximum absolute atomic E-state index is 12.6. The van der Waals surface area contributed by atoms with E-state index in [1.807, 2.05) is 40.2 Å². The average Bonchev–Trinajstić information content (AvgIpc) is 3.43. The van der Waals surface area contributed by atoms with Crippen LogP contribution in [0.5, 0.6) is 5.75 Å². The van der Waals surface area contributed by atoms with Crippen LogP contribution in [0.25, 0.3) is 16.2 Å². The first kappa shape index (κ1) is 18.3. The molecule has 0 aliphatic heterocycles. The van der Waals surface area contributed by atoms with Crippen LogP contribution in [0.15, 0.2) is 35.8 Å². The summed E-state index contributed by atoms with van der Waals surface area (Å²) in [5.41, 5.74) is 3.99. The van der Waals surface area contributed by atoms with Crippen LogP contribution in [0, 0.1) is 0 Å². The lowest BCUT2D eigenvalue weighted by Gasteiger charge is -2.06. The predicted molar refractivity (Wildman–Crippen MR) is 116 cm³/mol. The summed E-state index contributed by atoms with van der Waals surface area (Å²) in [6.45, 7) is 0. The number of anilines is 1. The quantitative estimate of drug-likeness (QED) is 0.509. The molecule has 148 valence electrons. The van der Waals surface area contributed by atoms with Gasteiger partial charge in [-0.2, -0.15) is 0 Å². The summed E-state index contributed by atoms with van der Waals surface area (Å²) in [6, 6.07) is 7.82. The Kier molecular flexibility index (Phi) is 4.81. The molecule has 6 nitrogen and oxygen atoms in total. The fourth-order valence-electron chi connectivity index (χ4n) is 3.59. The Bertz CT molecular complexity index is 1150. The number of carbonyl (C=O) groups excluding carboxylic acids is 1. The Hall–Kier alpha value is -2.71. The number of aryl methyl sites for hydroxylation is 2. The average molecular weight is 425 g/mol. The molecule has 29 heavy (non-hydrogen) atoms. The van der Waals surface area contributed by atoms with Crippen molar-refractivity contribution in [2.24, 2.45) is 0 Å². The van der Waals surface area contributed by atoms with Crippen molar-refractivity contribution in [2.45, 2.75) is 32.1 Å². The van der Waals surface area contributed by atoms with Gasteiger partial charge in [0.2, 0.25) is 5.91 Å². The molecule has 0 unspecified atom stereocenters. The van der Waals surface area contributed by atoms with Gasteiger partial charge in [0.25, 0.3) is 0 Å². The monoisotopic (exact) mass is 424 g/mol. The van der Waals surface area contributed by atoms with Gasteiger partial charge in [0.1, 0.15) is 5.75 Å². The van der Waals surface area contributed by atoms with Gasteiger partial charge in [-0.3, -0.25) is 9.20 Å². The standard InChI is InChI=1S/C21H20N4O2S2/c1-27-15-8-6-13(7-9-15)17-11-25-14(12-28-21(25)23-17)10-19(26)24-20-22-16-4-2-3-5-18(16)29-20/h6-9,11-12H,2-5,10H2,1H3,(H,22,24,26). The molecule has 1 aromatic carbocycles. The van der Waals surface area contributed by atoms with Gasteiger partial charge in [0.15, 0.2) is 10.1 Å². The first-order valence-electron chi connectivity index (χ1n) is 9.58. The molecule has 1 N–H and O–H groups in total. The van der Waals surface area contributed by atoms with Crippen molar-refractivity contribution in [3.8, 4) is 17.0 Å². The number of carbonyl (C=O) groups is 1. The highest BCUT2D eigenvalue weighted by atomic mass is 32.1. The number of nitrogens with zero attached hydrogens (tertiary/aromatic N) is 3. The van der Waals surface area contributed by atoms with E-state index in [9.17, 15) is 4.79 Å². The Morgan fingerprint density at radius 1 is 1.21 bits per heavy atom. The summed E-state index contributed by atoms with van der Waals surface area (Å²) in [6.07, 6.45) is 6.79. The molecule has 0 radical (unpaired) electrons. The molecule has 8 heteroatoms. The van der Waals surface area contributed by atoms with Crippen molar-refractivity contribution in [1.29, 1.82) is 0 Å². The van der Waals surface area contributed by atoms with Crippen molar-refractivity contribution in [1.82, 2.24) is 14.4 Å². The van der Waals surface area contributed by atoms with Crippen molar-refractivity contribution < 1.29 is 9.53 Å². The molecule has 0 spiro atoms. The van der Waals surface area contributed by atoms with Crippen LogP contribution in [0.1, 0.15) is 29.1 Å². The number of aromatic nitrogens is 3. The van der Waals surface area contributed by atoms with Gasteiger partial charge >= 0.3 is 0 Å². The van der Waals surface area contributed by atoms with E-state index >= 15 is 0 Å². The van der Waals surface area contributed by atoms with E-state index in [-0.39, 0.29) is 5.91 Å². The molecule has 0 bridgehead atoms. The molecule has 0 atom stereocenters. The van der Waals surface area contributed by atoms with Gasteiger partial charge in [0, 0.05) is 27.7 Å². The normalized spacial score (nSPS) is 13.4. The number of imidazole rings is 1. The Labute approximate surface area is 176 Å². The summed E-state index contributed by atoms with van der Waals surface area (Å²) >= 11 is 3.16. The molecule has 1 aliphatic carbocycles. The van der Waals surface area contributed by atoms with Crippen LogP contribution >= 0.6 is 22.7 Å². The molecule has 0 saturated heterocycles. The maximum Gasteiger partial charge on any atom is 0.232 e. The number of methoxy groups -OCH3 is 1. The van der Waals surface area contributed by atoms with Gasteiger partial charge in [-0.1, -0.05) is 0 Å². The van der Waals surface area contributed by atoms with E-state index in [1.165, 1.54) is 17.7 Å². The largest absolute Gasteiger partial charge is 0.497 e. The molecule has 1 amide bonds. The summed E-state index contributed by atoms with van der Waals surface area (Å²) in [7, 11) is 1.65. The number of rotatable bonds is 5. The van der Waals surface area contributed by atoms with Gasteiger partial charge < -0.3 is 10.1 Å². The second-order valence-corrected chi connectivity index (χ2v) is 8.98. The molecular weight excluding hydrogens is 404 g/mol. The van der Waals surface area contributed by atoms with Crippen LogP contribution in [0.4, 0.5) is 5.13 Å². The number of nitrogens with one attached hydrogen (secondary N) is 1. The zero-order chi connectivity index (χ0) is 19.8. The van der Waals surface area contributed by atoms with E-state index < -0.39 is 0 Å². The highest BCUT2D eigenvalue weighted by Crippen LogP contribution is 2.30. The minimum Gasteiger partial charge on any atom is -0.497 e. The Morgan fingerprint density at radius 2 is 2.03 bits per heavy atom.